The van der Waals surface area contributed by atoms with Crippen molar-refractivity contribution in [1.29, 1.82) is 0 Å². The minimum absolute atomic E-state index is 0.109. The Bertz CT molecular complexity index is 1310. The fourth-order valence-electron chi connectivity index (χ4n) is 4.50. The van der Waals surface area contributed by atoms with Gasteiger partial charge in [-0.3, -0.25) is 0 Å². The van der Waals surface area contributed by atoms with E-state index in [1.165, 1.54) is 11.1 Å². The van der Waals surface area contributed by atoms with E-state index in [1.807, 2.05) is 36.9 Å². The van der Waals surface area contributed by atoms with Crippen molar-refractivity contribution in [3.05, 3.63) is 83.2 Å². The summed E-state index contributed by atoms with van der Waals surface area (Å²) in [5, 5.41) is 3.07. The number of aryl methyl sites for hydroxylation is 3. The number of rotatable bonds is 3. The van der Waals surface area contributed by atoms with Crippen LogP contribution in [0.15, 0.2) is 65.1 Å². The number of fused-ring (bicyclic) bond motifs is 1. The van der Waals surface area contributed by atoms with Gasteiger partial charge in [-0.1, -0.05) is 53.6 Å². The number of nitrogens with one attached hydrogen (secondary N) is 1. The summed E-state index contributed by atoms with van der Waals surface area (Å²) in [6.45, 7) is 6.84. The summed E-state index contributed by atoms with van der Waals surface area (Å²) < 4.78 is 6.10. The van der Waals surface area contributed by atoms with Crippen LogP contribution in [0.1, 0.15) is 41.5 Å². The molecule has 4 aromatic rings. The summed E-state index contributed by atoms with van der Waals surface area (Å²) in [5.74, 6) is 0.606. The Labute approximate surface area is 188 Å². The maximum absolute atomic E-state index is 13.1. The predicted octanol–water partition coefficient (Wildman–Crippen LogP) is 6.79. The van der Waals surface area contributed by atoms with Gasteiger partial charge in [0.2, 0.25) is 5.89 Å². The number of nitrogens with zero attached hydrogens (tertiary/aromatic N) is 2. The average molecular weight is 426 g/mol. The average Bonchev–Trinajstić information content (AvgIpc) is 3.42. The molecule has 0 saturated carbocycles. The molecule has 1 N–H and O–H groups in total. The SMILES string of the molecule is Cc1cccc(-c2ccc3oc(C4CCCN4C(=O)Nc4ccc(C)cc4C)nc3c2)c1. The number of likely N-dealkylation sites (tertiary alicyclic amines) is 1. The van der Waals surface area contributed by atoms with Gasteiger partial charge in [-0.05, 0) is 68.5 Å². The van der Waals surface area contributed by atoms with Gasteiger partial charge in [0.1, 0.15) is 11.6 Å². The zero-order valence-electron chi connectivity index (χ0n) is 18.7. The number of carbonyl (C=O) groups excluding carboxylic acids is 1. The standard InChI is InChI=1S/C27H27N3O2/c1-17-6-4-7-20(15-17)21-10-12-25-23(16-21)28-26(32-25)24-8-5-13-30(24)27(31)29-22-11-9-18(2)14-19(22)3/h4,6-7,9-12,14-16,24H,5,8,13H2,1-3H3,(H,29,31). The van der Waals surface area contributed by atoms with Crippen LogP contribution in [0, 0.1) is 20.8 Å². The van der Waals surface area contributed by atoms with E-state index in [0.29, 0.717) is 12.4 Å². The Morgan fingerprint density at radius 2 is 1.81 bits per heavy atom. The molecule has 1 aromatic heterocycles. The van der Waals surface area contributed by atoms with E-state index in [1.54, 1.807) is 0 Å². The fourth-order valence-corrected chi connectivity index (χ4v) is 4.50. The summed E-state index contributed by atoms with van der Waals surface area (Å²) in [5.41, 5.74) is 8.13. The van der Waals surface area contributed by atoms with Crippen molar-refractivity contribution in [3.63, 3.8) is 0 Å². The fraction of sp³-hybridized carbons (Fsp3) is 0.259. The van der Waals surface area contributed by atoms with Gasteiger partial charge in [0.05, 0.1) is 0 Å². The highest BCUT2D eigenvalue weighted by Gasteiger charge is 2.33. The lowest BCUT2D eigenvalue weighted by Gasteiger charge is -2.23. The normalized spacial score (nSPS) is 16.0. The van der Waals surface area contributed by atoms with Crippen molar-refractivity contribution < 1.29 is 9.21 Å². The molecule has 0 radical (unpaired) electrons. The second-order valence-electron chi connectivity index (χ2n) is 8.70. The van der Waals surface area contributed by atoms with E-state index >= 15 is 0 Å². The number of anilines is 1. The van der Waals surface area contributed by atoms with Crippen molar-refractivity contribution in [3.8, 4) is 11.1 Å². The van der Waals surface area contributed by atoms with Crippen LogP contribution < -0.4 is 5.32 Å². The van der Waals surface area contributed by atoms with Crippen molar-refractivity contribution in [2.75, 3.05) is 11.9 Å². The van der Waals surface area contributed by atoms with E-state index in [9.17, 15) is 4.79 Å². The highest BCUT2D eigenvalue weighted by molar-refractivity contribution is 5.90. The lowest BCUT2D eigenvalue weighted by molar-refractivity contribution is 0.199. The first-order valence-corrected chi connectivity index (χ1v) is 11.1. The number of benzene rings is 3. The van der Waals surface area contributed by atoms with Crippen molar-refractivity contribution in [1.82, 2.24) is 9.88 Å². The monoisotopic (exact) mass is 425 g/mol. The lowest BCUT2D eigenvalue weighted by atomic mass is 10.0. The first-order chi connectivity index (χ1) is 15.5. The smallest absolute Gasteiger partial charge is 0.322 e. The highest BCUT2D eigenvalue weighted by atomic mass is 16.4. The molecule has 5 rings (SSSR count). The Morgan fingerprint density at radius 3 is 2.62 bits per heavy atom. The second kappa shape index (κ2) is 8.15. The highest BCUT2D eigenvalue weighted by Crippen LogP contribution is 2.35. The molecule has 0 spiro atoms. The maximum Gasteiger partial charge on any atom is 0.322 e. The predicted molar refractivity (Wildman–Crippen MR) is 128 cm³/mol. The Morgan fingerprint density at radius 1 is 1.00 bits per heavy atom. The number of amides is 2. The van der Waals surface area contributed by atoms with Crippen LogP contribution in [0.25, 0.3) is 22.2 Å². The third-order valence-corrected chi connectivity index (χ3v) is 6.18. The molecule has 5 heteroatoms. The van der Waals surface area contributed by atoms with E-state index in [2.05, 4.69) is 54.7 Å². The molecule has 2 amide bonds. The second-order valence-corrected chi connectivity index (χ2v) is 8.70. The molecule has 0 aliphatic carbocycles. The van der Waals surface area contributed by atoms with Crippen LogP contribution in [-0.4, -0.2) is 22.5 Å². The molecule has 0 bridgehead atoms. The van der Waals surface area contributed by atoms with Gasteiger partial charge in [-0.25, -0.2) is 9.78 Å². The Hall–Kier alpha value is -3.60. The van der Waals surface area contributed by atoms with E-state index in [4.69, 9.17) is 9.40 Å². The number of urea groups is 1. The topological polar surface area (TPSA) is 58.4 Å². The third kappa shape index (κ3) is 3.86. The van der Waals surface area contributed by atoms with Gasteiger partial charge in [0.15, 0.2) is 5.58 Å². The van der Waals surface area contributed by atoms with E-state index in [0.717, 1.165) is 46.3 Å². The van der Waals surface area contributed by atoms with Gasteiger partial charge in [0, 0.05) is 12.2 Å². The molecule has 1 saturated heterocycles. The molecule has 32 heavy (non-hydrogen) atoms. The molecule has 2 heterocycles. The summed E-state index contributed by atoms with van der Waals surface area (Å²) in [6, 6.07) is 20.3. The minimum atomic E-state index is -0.157. The van der Waals surface area contributed by atoms with Crippen LogP contribution in [0.5, 0.6) is 0 Å². The number of carbonyl (C=O) groups is 1. The van der Waals surface area contributed by atoms with Crippen LogP contribution in [0.4, 0.5) is 10.5 Å². The third-order valence-electron chi connectivity index (χ3n) is 6.18. The van der Waals surface area contributed by atoms with E-state index < -0.39 is 0 Å². The molecule has 3 aromatic carbocycles. The number of aromatic nitrogens is 1. The number of hydrogen-bond donors (Lipinski definition) is 1. The molecule has 1 unspecified atom stereocenters. The quantitative estimate of drug-likeness (QED) is 0.393. The zero-order chi connectivity index (χ0) is 22.2. The summed E-state index contributed by atoms with van der Waals surface area (Å²) in [6.07, 6.45) is 1.77. The Kier molecular flexibility index (Phi) is 5.17. The van der Waals surface area contributed by atoms with Gasteiger partial charge >= 0.3 is 6.03 Å². The molecule has 1 atom stereocenters. The molecule has 1 aliphatic heterocycles. The first kappa shape index (κ1) is 20.3. The Balaban J connectivity index is 1.40. The summed E-state index contributed by atoms with van der Waals surface area (Å²) in [7, 11) is 0. The van der Waals surface area contributed by atoms with E-state index in [-0.39, 0.29) is 12.1 Å². The van der Waals surface area contributed by atoms with Crippen LogP contribution in [0.2, 0.25) is 0 Å². The number of oxazole rings is 1. The molecular weight excluding hydrogens is 398 g/mol. The van der Waals surface area contributed by atoms with Crippen molar-refractivity contribution in [2.45, 2.75) is 39.7 Å². The largest absolute Gasteiger partial charge is 0.438 e. The minimum Gasteiger partial charge on any atom is -0.438 e. The molecule has 1 aliphatic rings. The molecule has 5 nitrogen and oxygen atoms in total. The lowest BCUT2D eigenvalue weighted by Crippen LogP contribution is -2.34. The zero-order valence-corrected chi connectivity index (χ0v) is 18.7. The van der Waals surface area contributed by atoms with Crippen molar-refractivity contribution in [2.24, 2.45) is 0 Å². The molecule has 1 fully saturated rings. The van der Waals surface area contributed by atoms with Gasteiger partial charge in [0.25, 0.3) is 0 Å². The van der Waals surface area contributed by atoms with Crippen molar-refractivity contribution >= 4 is 22.8 Å². The summed E-state index contributed by atoms with van der Waals surface area (Å²) in [4.78, 5) is 19.7. The van der Waals surface area contributed by atoms with Gasteiger partial charge in [-0.15, -0.1) is 0 Å². The first-order valence-electron chi connectivity index (χ1n) is 11.1. The summed E-state index contributed by atoms with van der Waals surface area (Å²) >= 11 is 0. The molecule has 162 valence electrons. The maximum atomic E-state index is 13.1. The van der Waals surface area contributed by atoms with Gasteiger partial charge in [-0.2, -0.15) is 0 Å². The van der Waals surface area contributed by atoms with Gasteiger partial charge < -0.3 is 14.6 Å². The van der Waals surface area contributed by atoms with Crippen LogP contribution in [-0.2, 0) is 0 Å². The molecular formula is C27H27N3O2. The van der Waals surface area contributed by atoms with Crippen LogP contribution in [0.3, 0.4) is 0 Å². The number of hydrogen-bond acceptors (Lipinski definition) is 3. The van der Waals surface area contributed by atoms with Crippen LogP contribution >= 0.6 is 0 Å².